The van der Waals surface area contributed by atoms with Crippen LogP contribution in [0.2, 0.25) is 0 Å². The normalized spacial score (nSPS) is 18.8. The number of piperidine rings is 1. The molecule has 2 nitrogen and oxygen atoms in total. The SMILES string of the molecule is CC#CCCNC1CCN(CC(F)(F)F)CC1. The Hall–Kier alpha value is -0.730. The summed E-state index contributed by atoms with van der Waals surface area (Å²) in [4.78, 5) is 1.48. The van der Waals surface area contributed by atoms with Crippen LogP contribution in [0.4, 0.5) is 13.2 Å². The Kier molecular flexibility index (Phi) is 5.79. The number of nitrogens with zero attached hydrogens (tertiary/aromatic N) is 1. The predicted molar refractivity (Wildman–Crippen MR) is 61.6 cm³/mol. The smallest absolute Gasteiger partial charge is 0.313 e. The minimum Gasteiger partial charge on any atom is -0.313 e. The minimum atomic E-state index is -4.07. The van der Waals surface area contributed by atoms with Crippen LogP contribution in [-0.2, 0) is 0 Å². The summed E-state index contributed by atoms with van der Waals surface area (Å²) in [5.74, 6) is 5.77. The number of rotatable bonds is 4. The Labute approximate surface area is 101 Å². The second kappa shape index (κ2) is 6.87. The molecule has 0 saturated carbocycles. The van der Waals surface area contributed by atoms with E-state index in [1.165, 1.54) is 4.90 Å². The monoisotopic (exact) mass is 248 g/mol. The van der Waals surface area contributed by atoms with E-state index in [2.05, 4.69) is 17.2 Å². The Balaban J connectivity index is 2.14. The van der Waals surface area contributed by atoms with E-state index in [9.17, 15) is 13.2 Å². The van der Waals surface area contributed by atoms with Gasteiger partial charge in [0.2, 0.25) is 0 Å². The average molecular weight is 248 g/mol. The number of likely N-dealkylation sites (tertiary alicyclic amines) is 1. The third kappa shape index (κ3) is 6.54. The maximum absolute atomic E-state index is 12.2. The highest BCUT2D eigenvalue weighted by molar-refractivity contribution is 4.95. The van der Waals surface area contributed by atoms with E-state index in [0.29, 0.717) is 19.1 Å². The highest BCUT2D eigenvalue weighted by atomic mass is 19.4. The Morgan fingerprint density at radius 2 is 1.94 bits per heavy atom. The maximum Gasteiger partial charge on any atom is 0.401 e. The van der Waals surface area contributed by atoms with Crippen LogP contribution in [-0.4, -0.2) is 43.3 Å². The zero-order valence-corrected chi connectivity index (χ0v) is 10.1. The van der Waals surface area contributed by atoms with E-state index in [1.54, 1.807) is 6.92 Å². The molecule has 1 rings (SSSR count). The zero-order chi connectivity index (χ0) is 12.7. The van der Waals surface area contributed by atoms with Crippen molar-refractivity contribution >= 4 is 0 Å². The molecule has 0 atom stereocenters. The van der Waals surface area contributed by atoms with Gasteiger partial charge in [0.1, 0.15) is 0 Å². The molecular weight excluding hydrogens is 229 g/mol. The molecule has 1 heterocycles. The molecule has 0 amide bonds. The summed E-state index contributed by atoms with van der Waals surface area (Å²) in [6.07, 6.45) is -1.69. The van der Waals surface area contributed by atoms with Gasteiger partial charge in [0.05, 0.1) is 6.54 Å². The first kappa shape index (κ1) is 14.3. The van der Waals surface area contributed by atoms with E-state index in [-0.39, 0.29) is 0 Å². The van der Waals surface area contributed by atoms with Crippen molar-refractivity contribution in [3.05, 3.63) is 0 Å². The van der Waals surface area contributed by atoms with E-state index >= 15 is 0 Å². The molecule has 1 aliphatic rings. The van der Waals surface area contributed by atoms with Crippen molar-refractivity contribution in [2.24, 2.45) is 0 Å². The number of nitrogens with one attached hydrogen (secondary N) is 1. The fourth-order valence-corrected chi connectivity index (χ4v) is 2.01. The van der Waals surface area contributed by atoms with Crippen molar-refractivity contribution in [2.75, 3.05) is 26.2 Å². The van der Waals surface area contributed by atoms with Gasteiger partial charge in [-0.1, -0.05) is 0 Å². The van der Waals surface area contributed by atoms with E-state index < -0.39 is 12.7 Å². The molecule has 1 N–H and O–H groups in total. The molecule has 0 aromatic rings. The number of hydrogen-bond acceptors (Lipinski definition) is 2. The summed E-state index contributed by atoms with van der Waals surface area (Å²) in [5, 5.41) is 3.33. The van der Waals surface area contributed by atoms with Gasteiger partial charge in [-0.05, 0) is 32.9 Å². The maximum atomic E-state index is 12.2. The average Bonchev–Trinajstić information content (AvgIpc) is 2.25. The highest BCUT2D eigenvalue weighted by Crippen LogP contribution is 2.19. The Morgan fingerprint density at radius 3 is 2.47 bits per heavy atom. The van der Waals surface area contributed by atoms with Gasteiger partial charge < -0.3 is 5.32 Å². The Bertz CT molecular complexity index is 270. The molecule has 1 aliphatic heterocycles. The molecule has 1 saturated heterocycles. The first-order chi connectivity index (χ1) is 8.01. The molecule has 0 spiro atoms. The van der Waals surface area contributed by atoms with Crippen molar-refractivity contribution < 1.29 is 13.2 Å². The molecule has 0 aromatic carbocycles. The minimum absolute atomic E-state index is 0.345. The Morgan fingerprint density at radius 1 is 1.29 bits per heavy atom. The largest absolute Gasteiger partial charge is 0.401 e. The quantitative estimate of drug-likeness (QED) is 0.605. The molecule has 0 radical (unpaired) electrons. The molecule has 98 valence electrons. The lowest BCUT2D eigenvalue weighted by Gasteiger charge is -2.32. The van der Waals surface area contributed by atoms with Gasteiger partial charge in [0, 0.05) is 19.0 Å². The topological polar surface area (TPSA) is 15.3 Å². The third-order valence-corrected chi connectivity index (χ3v) is 2.85. The lowest BCUT2D eigenvalue weighted by molar-refractivity contribution is -0.148. The molecule has 17 heavy (non-hydrogen) atoms. The fraction of sp³-hybridized carbons (Fsp3) is 0.833. The second-order valence-corrected chi connectivity index (χ2v) is 4.30. The van der Waals surface area contributed by atoms with Gasteiger partial charge in [-0.3, -0.25) is 4.90 Å². The summed E-state index contributed by atoms with van der Waals surface area (Å²) in [6.45, 7) is 2.90. The summed E-state index contributed by atoms with van der Waals surface area (Å²) in [7, 11) is 0. The first-order valence-corrected chi connectivity index (χ1v) is 5.93. The van der Waals surface area contributed by atoms with Crippen LogP contribution in [0, 0.1) is 11.8 Å². The summed E-state index contributed by atoms with van der Waals surface area (Å²) >= 11 is 0. The lowest BCUT2D eigenvalue weighted by Crippen LogP contribution is -2.45. The molecule has 0 aromatic heterocycles. The van der Waals surface area contributed by atoms with Crippen molar-refractivity contribution in [1.82, 2.24) is 10.2 Å². The summed E-state index contributed by atoms with van der Waals surface area (Å²) < 4.78 is 36.5. The molecule has 0 bridgehead atoms. The van der Waals surface area contributed by atoms with Crippen LogP contribution >= 0.6 is 0 Å². The van der Waals surface area contributed by atoms with Crippen molar-refractivity contribution in [2.45, 2.75) is 38.4 Å². The van der Waals surface area contributed by atoms with Crippen molar-refractivity contribution in [1.29, 1.82) is 0 Å². The highest BCUT2D eigenvalue weighted by Gasteiger charge is 2.32. The predicted octanol–water partition coefficient (Wildman–Crippen LogP) is 2.02. The van der Waals surface area contributed by atoms with Crippen LogP contribution < -0.4 is 5.32 Å². The fourth-order valence-electron chi connectivity index (χ4n) is 2.01. The van der Waals surface area contributed by atoms with E-state index in [4.69, 9.17) is 0 Å². The van der Waals surface area contributed by atoms with Crippen LogP contribution in [0.15, 0.2) is 0 Å². The van der Waals surface area contributed by atoms with Gasteiger partial charge in [0.15, 0.2) is 0 Å². The zero-order valence-electron chi connectivity index (χ0n) is 10.1. The van der Waals surface area contributed by atoms with Crippen LogP contribution in [0.25, 0.3) is 0 Å². The molecule has 0 aliphatic carbocycles. The summed E-state index contributed by atoms with van der Waals surface area (Å²) in [5.41, 5.74) is 0. The van der Waals surface area contributed by atoms with Crippen LogP contribution in [0.1, 0.15) is 26.2 Å². The van der Waals surface area contributed by atoms with Crippen molar-refractivity contribution in [3.63, 3.8) is 0 Å². The third-order valence-electron chi connectivity index (χ3n) is 2.85. The van der Waals surface area contributed by atoms with Gasteiger partial charge >= 0.3 is 6.18 Å². The van der Waals surface area contributed by atoms with Crippen molar-refractivity contribution in [3.8, 4) is 11.8 Å². The second-order valence-electron chi connectivity index (χ2n) is 4.30. The van der Waals surface area contributed by atoms with E-state index in [0.717, 1.165) is 25.8 Å². The lowest BCUT2D eigenvalue weighted by atomic mass is 10.1. The van der Waals surface area contributed by atoms with Crippen LogP contribution in [0.5, 0.6) is 0 Å². The van der Waals surface area contributed by atoms with E-state index in [1.807, 2.05) is 0 Å². The van der Waals surface area contributed by atoms with Gasteiger partial charge in [-0.15, -0.1) is 11.8 Å². The van der Waals surface area contributed by atoms with Crippen LogP contribution in [0.3, 0.4) is 0 Å². The van der Waals surface area contributed by atoms with Gasteiger partial charge in [-0.2, -0.15) is 13.2 Å². The summed E-state index contributed by atoms with van der Waals surface area (Å²) in [6, 6.07) is 0.345. The standard InChI is InChI=1S/C12H19F3N2/c1-2-3-4-7-16-11-5-8-17(9-6-11)10-12(13,14)15/h11,16H,4-10H2,1H3. The molecule has 0 unspecified atom stereocenters. The number of hydrogen-bond donors (Lipinski definition) is 1. The molecule has 5 heteroatoms. The number of halogens is 3. The number of alkyl halides is 3. The molecular formula is C12H19F3N2. The van der Waals surface area contributed by atoms with Gasteiger partial charge in [-0.25, -0.2) is 0 Å². The first-order valence-electron chi connectivity index (χ1n) is 5.93. The molecule has 1 fully saturated rings. The van der Waals surface area contributed by atoms with Gasteiger partial charge in [0.25, 0.3) is 0 Å².